The summed E-state index contributed by atoms with van der Waals surface area (Å²) in [6, 6.07) is 21.6. The fourth-order valence-electron chi connectivity index (χ4n) is 3.02. The largest absolute Gasteiger partial charge is 0.490 e. The van der Waals surface area contributed by atoms with E-state index in [1.54, 1.807) is 0 Å². The summed E-state index contributed by atoms with van der Waals surface area (Å²) in [5.41, 5.74) is 3.06. The van der Waals surface area contributed by atoms with Crippen molar-refractivity contribution in [2.45, 2.75) is 19.3 Å². The molecular weight excluding hydrogens is 485 g/mol. The van der Waals surface area contributed by atoms with Gasteiger partial charge in [-0.25, -0.2) is 0 Å². The summed E-state index contributed by atoms with van der Waals surface area (Å²) in [5.74, 6) is 1.02. The fourth-order valence-corrected chi connectivity index (χ4v) is 3.99. The van der Waals surface area contributed by atoms with Gasteiger partial charge in [-0.15, -0.1) is 0 Å². The number of aryl methyl sites for hydroxylation is 1. The first-order valence-corrected chi connectivity index (χ1v) is 11.0. The smallest absolute Gasteiger partial charge is 0.156 e. The monoisotopic (exact) mass is 503 g/mol. The number of nitrogens with zero attached hydrogens (tertiary/aromatic N) is 1. The third-order valence-corrected chi connectivity index (χ3v) is 5.62. The van der Waals surface area contributed by atoms with Crippen LogP contribution in [0.1, 0.15) is 22.6 Å². The molecular formula is C24H20BrCl2NO2. The van der Waals surface area contributed by atoms with E-state index in [9.17, 15) is 5.26 Å². The van der Waals surface area contributed by atoms with E-state index in [4.69, 9.17) is 32.7 Å². The molecule has 1 atom stereocenters. The highest BCUT2D eigenvalue weighted by atomic mass is 79.9. The van der Waals surface area contributed by atoms with Gasteiger partial charge in [0.1, 0.15) is 19.0 Å². The molecule has 0 saturated carbocycles. The Hall–Kier alpha value is -2.19. The third-order valence-electron chi connectivity index (χ3n) is 4.53. The van der Waals surface area contributed by atoms with E-state index in [0.29, 0.717) is 35.4 Å². The van der Waals surface area contributed by atoms with Crippen LogP contribution in [-0.4, -0.2) is 13.2 Å². The van der Waals surface area contributed by atoms with Crippen molar-refractivity contribution in [1.29, 1.82) is 5.26 Å². The van der Waals surface area contributed by atoms with Crippen LogP contribution in [0.2, 0.25) is 10.0 Å². The van der Waals surface area contributed by atoms with Crippen LogP contribution in [0.3, 0.4) is 0 Å². The summed E-state index contributed by atoms with van der Waals surface area (Å²) in [4.78, 5) is 0. The maximum Gasteiger partial charge on any atom is 0.156 e. The van der Waals surface area contributed by atoms with E-state index in [1.807, 2.05) is 67.6 Å². The van der Waals surface area contributed by atoms with Crippen LogP contribution in [0.15, 0.2) is 65.1 Å². The van der Waals surface area contributed by atoms with Gasteiger partial charge in [0.15, 0.2) is 5.75 Å². The van der Waals surface area contributed by atoms with Crippen molar-refractivity contribution in [2.24, 2.45) is 0 Å². The molecule has 0 heterocycles. The third kappa shape index (κ3) is 6.15. The van der Waals surface area contributed by atoms with Gasteiger partial charge in [0.25, 0.3) is 0 Å². The minimum Gasteiger partial charge on any atom is -0.490 e. The first-order valence-electron chi connectivity index (χ1n) is 9.41. The van der Waals surface area contributed by atoms with Crippen LogP contribution >= 0.6 is 39.1 Å². The second kappa shape index (κ2) is 10.7. The molecule has 0 saturated heterocycles. The fraction of sp³-hybridized carbons (Fsp3) is 0.208. The van der Waals surface area contributed by atoms with Crippen LogP contribution in [-0.2, 0) is 6.42 Å². The molecule has 30 heavy (non-hydrogen) atoms. The predicted octanol–water partition coefficient (Wildman–Crippen LogP) is 7.37. The topological polar surface area (TPSA) is 42.2 Å². The molecule has 0 N–H and O–H groups in total. The van der Waals surface area contributed by atoms with Crippen molar-refractivity contribution in [3.05, 3.63) is 91.9 Å². The van der Waals surface area contributed by atoms with Crippen LogP contribution in [0.25, 0.3) is 0 Å². The van der Waals surface area contributed by atoms with Gasteiger partial charge in [-0.3, -0.25) is 0 Å². The van der Waals surface area contributed by atoms with E-state index in [0.717, 1.165) is 26.9 Å². The van der Waals surface area contributed by atoms with Gasteiger partial charge in [0.05, 0.1) is 22.0 Å². The Morgan fingerprint density at radius 2 is 1.53 bits per heavy atom. The highest BCUT2D eigenvalue weighted by Crippen LogP contribution is 2.34. The van der Waals surface area contributed by atoms with E-state index < -0.39 is 0 Å². The number of nitriles is 1. The Bertz CT molecular complexity index is 1010. The van der Waals surface area contributed by atoms with Gasteiger partial charge in [-0.2, -0.15) is 5.26 Å². The lowest BCUT2D eigenvalue weighted by atomic mass is 9.93. The van der Waals surface area contributed by atoms with Crippen molar-refractivity contribution in [3.63, 3.8) is 0 Å². The van der Waals surface area contributed by atoms with Crippen molar-refractivity contribution in [2.75, 3.05) is 13.2 Å². The number of benzene rings is 3. The first kappa shape index (κ1) is 22.5. The summed E-state index contributed by atoms with van der Waals surface area (Å²) in [7, 11) is 0. The molecule has 0 amide bonds. The Morgan fingerprint density at radius 3 is 2.13 bits per heavy atom. The average molecular weight is 505 g/mol. The van der Waals surface area contributed by atoms with Crippen LogP contribution in [0.5, 0.6) is 11.5 Å². The normalized spacial score (nSPS) is 11.6. The Labute approximate surface area is 195 Å². The predicted molar refractivity (Wildman–Crippen MR) is 125 cm³/mol. The molecule has 0 spiro atoms. The highest BCUT2D eigenvalue weighted by Gasteiger charge is 2.12. The molecule has 0 aliphatic heterocycles. The van der Waals surface area contributed by atoms with Crippen molar-refractivity contribution in [3.8, 4) is 17.6 Å². The standard InChI is InChI=1S/C24H20BrCl2NO2/c1-16-12-22(26)24(23(27)13-16)30-11-10-29-21-8-2-17(3-9-21)14-19(15-28)18-4-6-20(25)7-5-18/h2-9,12-13,19H,10-11,14H2,1H3. The summed E-state index contributed by atoms with van der Waals surface area (Å²) < 4.78 is 12.4. The minimum absolute atomic E-state index is 0.192. The SMILES string of the molecule is Cc1cc(Cl)c(OCCOc2ccc(CC(C#N)c3ccc(Br)cc3)cc2)c(Cl)c1. The Kier molecular flexibility index (Phi) is 8.04. The molecule has 1 unspecified atom stereocenters. The van der Waals surface area contributed by atoms with Gasteiger partial charge in [-0.05, 0) is 66.4 Å². The van der Waals surface area contributed by atoms with Crippen LogP contribution in [0.4, 0.5) is 0 Å². The summed E-state index contributed by atoms with van der Waals surface area (Å²) in [6.45, 7) is 2.61. The Balaban J connectivity index is 1.51. The van der Waals surface area contributed by atoms with E-state index in [2.05, 4.69) is 22.0 Å². The van der Waals surface area contributed by atoms with Crippen molar-refractivity contribution < 1.29 is 9.47 Å². The quantitative estimate of drug-likeness (QED) is 0.300. The van der Waals surface area contributed by atoms with Gasteiger partial charge in [-0.1, -0.05) is 63.4 Å². The average Bonchev–Trinajstić information content (AvgIpc) is 2.72. The van der Waals surface area contributed by atoms with E-state index >= 15 is 0 Å². The van der Waals surface area contributed by atoms with Crippen LogP contribution in [0, 0.1) is 18.3 Å². The van der Waals surface area contributed by atoms with Crippen molar-refractivity contribution in [1.82, 2.24) is 0 Å². The zero-order chi connectivity index (χ0) is 21.5. The van der Waals surface area contributed by atoms with Gasteiger partial charge < -0.3 is 9.47 Å². The zero-order valence-corrected chi connectivity index (χ0v) is 19.5. The molecule has 3 nitrogen and oxygen atoms in total. The summed E-state index contributed by atoms with van der Waals surface area (Å²) in [5, 5.41) is 10.5. The molecule has 3 rings (SSSR count). The highest BCUT2D eigenvalue weighted by molar-refractivity contribution is 9.10. The lowest BCUT2D eigenvalue weighted by molar-refractivity contribution is 0.217. The molecule has 0 aliphatic carbocycles. The number of hydrogen-bond acceptors (Lipinski definition) is 3. The summed E-state index contributed by atoms with van der Waals surface area (Å²) in [6.07, 6.45) is 0.645. The van der Waals surface area contributed by atoms with Gasteiger partial charge in [0, 0.05) is 4.47 Å². The second-order valence-electron chi connectivity index (χ2n) is 6.84. The lowest BCUT2D eigenvalue weighted by Gasteiger charge is -2.13. The number of rotatable bonds is 8. The molecule has 3 aromatic carbocycles. The van der Waals surface area contributed by atoms with Crippen molar-refractivity contribution >= 4 is 39.1 Å². The van der Waals surface area contributed by atoms with E-state index in [1.165, 1.54) is 0 Å². The molecule has 3 aromatic rings. The van der Waals surface area contributed by atoms with E-state index in [-0.39, 0.29) is 5.92 Å². The van der Waals surface area contributed by atoms with Crippen LogP contribution < -0.4 is 9.47 Å². The summed E-state index contributed by atoms with van der Waals surface area (Å²) >= 11 is 15.8. The molecule has 0 aliphatic rings. The molecule has 6 heteroatoms. The van der Waals surface area contributed by atoms with Gasteiger partial charge >= 0.3 is 0 Å². The second-order valence-corrected chi connectivity index (χ2v) is 8.57. The zero-order valence-electron chi connectivity index (χ0n) is 16.4. The Morgan fingerprint density at radius 1 is 0.933 bits per heavy atom. The van der Waals surface area contributed by atoms with Gasteiger partial charge in [0.2, 0.25) is 0 Å². The molecule has 0 aromatic heterocycles. The number of ether oxygens (including phenoxy) is 2. The first-order chi connectivity index (χ1) is 14.5. The molecule has 154 valence electrons. The number of hydrogen-bond donors (Lipinski definition) is 0. The molecule has 0 bridgehead atoms. The minimum atomic E-state index is -0.192. The number of halogens is 3. The lowest BCUT2D eigenvalue weighted by Crippen LogP contribution is -2.09. The molecule has 0 fully saturated rings. The maximum atomic E-state index is 9.54. The molecule has 0 radical (unpaired) electrons. The maximum absolute atomic E-state index is 9.54.